The fourth-order valence-electron chi connectivity index (χ4n) is 3.54. The number of hydrogen-bond acceptors (Lipinski definition) is 4. The predicted octanol–water partition coefficient (Wildman–Crippen LogP) is 4.64. The molecule has 2 aromatic carbocycles. The molecule has 0 fully saturated rings. The largest absolute Gasteiger partial charge is 0.357 e. The van der Waals surface area contributed by atoms with E-state index in [9.17, 15) is 14.9 Å². The SMILES string of the molecule is CC1=C(C(=O)NC/C=C/c2ccccc2)C(c2cccc(Cl)c2)C([N+](=O)[O-])=C(C)N1. The maximum absolute atomic E-state index is 13.0. The highest BCUT2D eigenvalue weighted by molar-refractivity contribution is 6.30. The van der Waals surface area contributed by atoms with Gasteiger partial charge in [0, 0.05) is 17.3 Å². The molecule has 0 saturated heterocycles. The number of hydrogen-bond donors (Lipinski definition) is 2. The summed E-state index contributed by atoms with van der Waals surface area (Å²) in [6.07, 6.45) is 3.74. The second-order valence-electron chi connectivity index (χ2n) is 6.94. The van der Waals surface area contributed by atoms with Gasteiger partial charge in [0.15, 0.2) is 0 Å². The Morgan fingerprint density at radius 3 is 2.57 bits per heavy atom. The third-order valence-electron chi connectivity index (χ3n) is 4.84. The van der Waals surface area contributed by atoms with Crippen LogP contribution in [0.2, 0.25) is 5.02 Å². The van der Waals surface area contributed by atoms with Crippen molar-refractivity contribution < 1.29 is 9.72 Å². The van der Waals surface area contributed by atoms with Crippen LogP contribution in [0.25, 0.3) is 6.08 Å². The highest BCUT2D eigenvalue weighted by Gasteiger charge is 2.40. The van der Waals surface area contributed by atoms with Gasteiger partial charge in [0.2, 0.25) is 5.91 Å². The van der Waals surface area contributed by atoms with Gasteiger partial charge in [-0.15, -0.1) is 0 Å². The molecule has 30 heavy (non-hydrogen) atoms. The van der Waals surface area contributed by atoms with Gasteiger partial charge in [0.25, 0.3) is 5.70 Å². The molecule has 1 atom stereocenters. The van der Waals surface area contributed by atoms with Gasteiger partial charge in [-0.1, -0.05) is 66.2 Å². The molecule has 0 aromatic heterocycles. The molecule has 3 rings (SSSR count). The number of nitro groups is 1. The number of rotatable bonds is 6. The van der Waals surface area contributed by atoms with Crippen LogP contribution in [0.5, 0.6) is 0 Å². The molecular formula is C23H22ClN3O3. The van der Waals surface area contributed by atoms with Crippen LogP contribution in [0.1, 0.15) is 30.9 Å². The lowest BCUT2D eigenvalue weighted by atomic mass is 9.83. The minimum Gasteiger partial charge on any atom is -0.357 e. The van der Waals surface area contributed by atoms with Crippen LogP contribution in [0.4, 0.5) is 0 Å². The summed E-state index contributed by atoms with van der Waals surface area (Å²) < 4.78 is 0. The van der Waals surface area contributed by atoms with Crippen LogP contribution in [0.3, 0.4) is 0 Å². The highest BCUT2D eigenvalue weighted by Crippen LogP contribution is 2.38. The first-order valence-electron chi connectivity index (χ1n) is 9.46. The van der Waals surface area contributed by atoms with E-state index in [0.717, 1.165) is 5.56 Å². The highest BCUT2D eigenvalue weighted by atomic mass is 35.5. The van der Waals surface area contributed by atoms with Gasteiger partial charge in [-0.25, -0.2) is 0 Å². The molecule has 0 aliphatic carbocycles. The second kappa shape index (κ2) is 9.41. The van der Waals surface area contributed by atoms with Crippen molar-refractivity contribution in [2.75, 3.05) is 6.54 Å². The number of carbonyl (C=O) groups excluding carboxylic acids is 1. The minimum atomic E-state index is -0.821. The van der Waals surface area contributed by atoms with Gasteiger partial charge < -0.3 is 10.6 Å². The van der Waals surface area contributed by atoms with E-state index in [1.54, 1.807) is 38.1 Å². The van der Waals surface area contributed by atoms with Crippen LogP contribution in [0, 0.1) is 10.1 Å². The van der Waals surface area contributed by atoms with Crippen LogP contribution in [-0.4, -0.2) is 17.4 Å². The van der Waals surface area contributed by atoms with Crippen molar-refractivity contribution in [3.05, 3.63) is 110 Å². The third-order valence-corrected chi connectivity index (χ3v) is 5.07. The Hall–Kier alpha value is -3.38. The van der Waals surface area contributed by atoms with Gasteiger partial charge >= 0.3 is 0 Å². The summed E-state index contributed by atoms with van der Waals surface area (Å²) in [5.41, 5.74) is 2.85. The maximum Gasteiger partial charge on any atom is 0.277 e. The molecule has 1 unspecified atom stereocenters. The van der Waals surface area contributed by atoms with Crippen molar-refractivity contribution in [3.63, 3.8) is 0 Å². The third kappa shape index (κ3) is 4.78. The van der Waals surface area contributed by atoms with E-state index in [1.165, 1.54) is 0 Å². The number of dihydropyridines is 1. The van der Waals surface area contributed by atoms with Crippen LogP contribution in [-0.2, 0) is 4.79 Å². The summed E-state index contributed by atoms with van der Waals surface area (Å²) in [5, 5.41) is 18.1. The monoisotopic (exact) mass is 423 g/mol. The number of allylic oxidation sites excluding steroid dienone is 3. The van der Waals surface area contributed by atoms with Crippen LogP contribution >= 0.6 is 11.6 Å². The Kier molecular flexibility index (Phi) is 6.69. The fourth-order valence-corrected chi connectivity index (χ4v) is 3.74. The van der Waals surface area contributed by atoms with Crippen molar-refractivity contribution in [2.45, 2.75) is 19.8 Å². The summed E-state index contributed by atoms with van der Waals surface area (Å²) in [6.45, 7) is 3.67. The van der Waals surface area contributed by atoms with Gasteiger partial charge in [-0.3, -0.25) is 14.9 Å². The molecule has 0 saturated carbocycles. The van der Waals surface area contributed by atoms with Crippen molar-refractivity contribution in [1.82, 2.24) is 10.6 Å². The van der Waals surface area contributed by atoms with Gasteiger partial charge in [0.1, 0.15) is 5.92 Å². The lowest BCUT2D eigenvalue weighted by Crippen LogP contribution is -2.36. The van der Waals surface area contributed by atoms with E-state index >= 15 is 0 Å². The maximum atomic E-state index is 13.0. The molecule has 0 spiro atoms. The lowest BCUT2D eigenvalue weighted by Gasteiger charge is -2.27. The molecule has 1 aliphatic heterocycles. The zero-order chi connectivity index (χ0) is 21.7. The molecule has 1 heterocycles. The lowest BCUT2D eigenvalue weighted by molar-refractivity contribution is -0.431. The Balaban J connectivity index is 1.88. The van der Waals surface area contributed by atoms with E-state index in [-0.39, 0.29) is 11.6 Å². The number of halogens is 1. The average Bonchev–Trinajstić information content (AvgIpc) is 2.71. The van der Waals surface area contributed by atoms with Crippen molar-refractivity contribution in [2.24, 2.45) is 0 Å². The Bertz CT molecular complexity index is 1060. The first kappa shape index (κ1) is 21.3. The smallest absolute Gasteiger partial charge is 0.277 e. The summed E-state index contributed by atoms with van der Waals surface area (Å²) in [6, 6.07) is 16.5. The van der Waals surface area contributed by atoms with Crippen LogP contribution < -0.4 is 10.6 Å². The minimum absolute atomic E-state index is 0.0622. The molecule has 1 aliphatic rings. The number of nitrogens with one attached hydrogen (secondary N) is 2. The summed E-state index contributed by atoms with van der Waals surface area (Å²) in [7, 11) is 0. The van der Waals surface area contributed by atoms with E-state index in [2.05, 4.69) is 10.6 Å². The van der Waals surface area contributed by atoms with E-state index < -0.39 is 10.8 Å². The second-order valence-corrected chi connectivity index (χ2v) is 7.38. The molecule has 2 N–H and O–H groups in total. The van der Waals surface area contributed by atoms with Crippen LogP contribution in [0.15, 0.2) is 83.3 Å². The normalized spacial score (nSPS) is 16.6. The Morgan fingerprint density at radius 2 is 1.90 bits per heavy atom. The molecule has 0 bridgehead atoms. The molecule has 1 amide bonds. The van der Waals surface area contributed by atoms with E-state index in [1.807, 2.05) is 42.5 Å². The number of benzene rings is 2. The van der Waals surface area contributed by atoms with E-state index in [4.69, 9.17) is 11.6 Å². The first-order chi connectivity index (χ1) is 14.4. The van der Waals surface area contributed by atoms with Gasteiger partial charge in [-0.05, 0) is 37.1 Å². The summed E-state index contributed by atoms with van der Waals surface area (Å²) in [4.78, 5) is 24.4. The number of carbonyl (C=O) groups is 1. The molecule has 154 valence electrons. The van der Waals surface area contributed by atoms with Crippen molar-refractivity contribution >= 4 is 23.6 Å². The average molecular weight is 424 g/mol. The number of amides is 1. The van der Waals surface area contributed by atoms with Gasteiger partial charge in [0.05, 0.1) is 16.2 Å². The summed E-state index contributed by atoms with van der Waals surface area (Å²) >= 11 is 6.12. The molecule has 0 radical (unpaired) electrons. The standard InChI is InChI=1S/C23H22ClN3O3/c1-15-20(23(28)25-13-7-10-17-8-4-3-5-9-17)21(18-11-6-12-19(24)14-18)22(27(29)30)16(2)26-15/h3-12,14,21,26H,13H2,1-2H3,(H,25,28)/b10-7+. The zero-order valence-corrected chi connectivity index (χ0v) is 17.4. The topological polar surface area (TPSA) is 84.3 Å². The zero-order valence-electron chi connectivity index (χ0n) is 16.7. The van der Waals surface area contributed by atoms with Gasteiger partial charge in [-0.2, -0.15) is 0 Å². The molecule has 6 nitrogen and oxygen atoms in total. The molecular weight excluding hydrogens is 402 g/mol. The number of nitrogens with zero attached hydrogens (tertiary/aromatic N) is 1. The Morgan fingerprint density at radius 1 is 1.17 bits per heavy atom. The summed E-state index contributed by atoms with van der Waals surface area (Å²) in [5.74, 6) is -1.19. The first-order valence-corrected chi connectivity index (χ1v) is 9.84. The quantitative estimate of drug-likeness (QED) is 0.523. The van der Waals surface area contributed by atoms with Crippen molar-refractivity contribution in [1.29, 1.82) is 0 Å². The Labute approximate surface area is 180 Å². The molecule has 7 heteroatoms. The van der Waals surface area contributed by atoms with Crippen molar-refractivity contribution in [3.8, 4) is 0 Å². The molecule has 2 aromatic rings. The predicted molar refractivity (Wildman–Crippen MR) is 118 cm³/mol. The van der Waals surface area contributed by atoms with E-state index in [0.29, 0.717) is 34.1 Å². The fraction of sp³-hybridized carbons (Fsp3) is 0.174.